The van der Waals surface area contributed by atoms with Crippen molar-refractivity contribution in [2.45, 2.75) is 38.8 Å². The second-order valence-electron chi connectivity index (χ2n) is 5.59. The van der Waals surface area contributed by atoms with Gasteiger partial charge >= 0.3 is 0 Å². The molecule has 1 unspecified atom stereocenters. The number of halogens is 1. The molecule has 4 heteroatoms. The van der Waals surface area contributed by atoms with Gasteiger partial charge in [-0.25, -0.2) is 0 Å². The minimum atomic E-state index is -0.574. The standard InChI is InChI=1S/C15H21ClN2O/c1-15(2,3)18(10-4-9-17)11-14(19)12-5-7-13(16)8-6-12/h5-8,14,19H,4,10-11H2,1-3H3. The number of rotatable bonds is 5. The third-order valence-corrected chi connectivity index (χ3v) is 3.34. The van der Waals surface area contributed by atoms with Crippen LogP contribution in [0.3, 0.4) is 0 Å². The van der Waals surface area contributed by atoms with Crippen molar-refractivity contribution in [3.05, 3.63) is 34.9 Å². The van der Waals surface area contributed by atoms with E-state index in [0.29, 0.717) is 24.5 Å². The van der Waals surface area contributed by atoms with Gasteiger partial charge < -0.3 is 5.11 Å². The van der Waals surface area contributed by atoms with E-state index in [0.717, 1.165) is 5.56 Å². The molecule has 0 radical (unpaired) electrons. The molecule has 0 aliphatic rings. The first-order valence-corrected chi connectivity index (χ1v) is 6.78. The van der Waals surface area contributed by atoms with Gasteiger partial charge in [0.25, 0.3) is 0 Å². The zero-order chi connectivity index (χ0) is 14.5. The molecule has 19 heavy (non-hydrogen) atoms. The molecule has 0 aliphatic carbocycles. The summed E-state index contributed by atoms with van der Waals surface area (Å²) in [6, 6.07) is 9.36. The molecule has 1 aromatic rings. The molecule has 104 valence electrons. The summed E-state index contributed by atoms with van der Waals surface area (Å²) in [6.45, 7) is 7.41. The summed E-state index contributed by atoms with van der Waals surface area (Å²) in [5.41, 5.74) is 0.764. The van der Waals surface area contributed by atoms with Crippen LogP contribution in [0.25, 0.3) is 0 Å². The highest BCUT2D eigenvalue weighted by molar-refractivity contribution is 6.30. The predicted molar refractivity (Wildman–Crippen MR) is 78.0 cm³/mol. The normalized spacial score (nSPS) is 13.3. The van der Waals surface area contributed by atoms with E-state index in [4.69, 9.17) is 16.9 Å². The number of β-amino-alcohol motifs (C(OH)–C–C–N with tert-alkyl or cyclic N) is 1. The van der Waals surface area contributed by atoms with E-state index < -0.39 is 6.10 Å². The highest BCUT2D eigenvalue weighted by atomic mass is 35.5. The second-order valence-corrected chi connectivity index (χ2v) is 6.03. The zero-order valence-electron chi connectivity index (χ0n) is 11.7. The number of aliphatic hydroxyl groups is 1. The van der Waals surface area contributed by atoms with E-state index in [-0.39, 0.29) is 5.54 Å². The van der Waals surface area contributed by atoms with Crippen molar-refractivity contribution in [1.29, 1.82) is 5.26 Å². The van der Waals surface area contributed by atoms with Crippen molar-refractivity contribution in [2.75, 3.05) is 13.1 Å². The molecule has 0 bridgehead atoms. The van der Waals surface area contributed by atoms with Crippen LogP contribution in [0.2, 0.25) is 5.02 Å². The van der Waals surface area contributed by atoms with Gasteiger partial charge in [-0.2, -0.15) is 5.26 Å². The Balaban J connectivity index is 2.73. The number of aliphatic hydroxyl groups excluding tert-OH is 1. The van der Waals surface area contributed by atoms with Gasteiger partial charge in [0.15, 0.2) is 0 Å². The lowest BCUT2D eigenvalue weighted by Crippen LogP contribution is -2.44. The Morgan fingerprint density at radius 3 is 2.37 bits per heavy atom. The van der Waals surface area contributed by atoms with Crippen LogP contribution in [0.5, 0.6) is 0 Å². The highest BCUT2D eigenvalue weighted by Gasteiger charge is 2.23. The van der Waals surface area contributed by atoms with E-state index in [9.17, 15) is 5.11 Å². The Hall–Kier alpha value is -1.08. The first-order valence-electron chi connectivity index (χ1n) is 6.40. The number of benzene rings is 1. The van der Waals surface area contributed by atoms with Gasteiger partial charge in [0.1, 0.15) is 0 Å². The lowest BCUT2D eigenvalue weighted by molar-refractivity contribution is 0.0599. The summed E-state index contributed by atoms with van der Waals surface area (Å²) in [5.74, 6) is 0. The Morgan fingerprint density at radius 1 is 1.32 bits per heavy atom. The van der Waals surface area contributed by atoms with Crippen molar-refractivity contribution in [1.82, 2.24) is 4.90 Å². The van der Waals surface area contributed by atoms with Crippen molar-refractivity contribution in [2.24, 2.45) is 0 Å². The van der Waals surface area contributed by atoms with Gasteiger partial charge in [0.2, 0.25) is 0 Å². The van der Waals surface area contributed by atoms with Crippen LogP contribution in [-0.2, 0) is 0 Å². The van der Waals surface area contributed by atoms with Crippen LogP contribution < -0.4 is 0 Å². The number of nitrogens with zero attached hydrogens (tertiary/aromatic N) is 2. The van der Waals surface area contributed by atoms with E-state index in [2.05, 4.69) is 31.7 Å². The van der Waals surface area contributed by atoms with Gasteiger partial charge in [-0.05, 0) is 38.5 Å². The average Bonchev–Trinajstić information content (AvgIpc) is 2.33. The van der Waals surface area contributed by atoms with Crippen molar-refractivity contribution in [3.8, 4) is 6.07 Å². The number of hydrogen-bond acceptors (Lipinski definition) is 3. The lowest BCUT2D eigenvalue weighted by atomic mass is 10.0. The molecule has 0 fully saturated rings. The smallest absolute Gasteiger partial charge is 0.0917 e. The van der Waals surface area contributed by atoms with Crippen molar-refractivity contribution < 1.29 is 5.11 Å². The topological polar surface area (TPSA) is 47.3 Å². The molecule has 0 aliphatic heterocycles. The number of hydrogen-bond donors (Lipinski definition) is 1. The van der Waals surface area contributed by atoms with Crippen LogP contribution in [-0.4, -0.2) is 28.6 Å². The third-order valence-electron chi connectivity index (χ3n) is 3.09. The molecular weight excluding hydrogens is 260 g/mol. The lowest BCUT2D eigenvalue weighted by Gasteiger charge is -2.36. The monoisotopic (exact) mass is 280 g/mol. The maximum absolute atomic E-state index is 10.3. The molecule has 0 saturated heterocycles. The quantitative estimate of drug-likeness (QED) is 0.899. The fraction of sp³-hybridized carbons (Fsp3) is 0.533. The van der Waals surface area contributed by atoms with E-state index in [1.165, 1.54) is 0 Å². The maximum atomic E-state index is 10.3. The predicted octanol–water partition coefficient (Wildman–Crippen LogP) is 3.39. The van der Waals surface area contributed by atoms with Gasteiger partial charge in [0, 0.05) is 30.1 Å². The van der Waals surface area contributed by atoms with Crippen molar-refractivity contribution in [3.63, 3.8) is 0 Å². The molecule has 3 nitrogen and oxygen atoms in total. The Labute approximate surface area is 120 Å². The second kappa shape index (κ2) is 6.91. The molecule has 0 spiro atoms. The first-order chi connectivity index (χ1) is 8.84. The number of nitriles is 1. The molecule has 0 saturated carbocycles. The SMILES string of the molecule is CC(C)(C)N(CCC#N)CC(O)c1ccc(Cl)cc1. The molecule has 1 atom stereocenters. The van der Waals surface area contributed by atoms with Crippen LogP contribution in [0.4, 0.5) is 0 Å². The third kappa shape index (κ3) is 5.20. The summed E-state index contributed by atoms with van der Waals surface area (Å²) in [7, 11) is 0. The molecule has 1 N–H and O–H groups in total. The fourth-order valence-electron chi connectivity index (χ4n) is 1.88. The summed E-state index contributed by atoms with van der Waals surface area (Å²) in [6.07, 6.45) is -0.111. The van der Waals surface area contributed by atoms with Gasteiger partial charge in [0.05, 0.1) is 12.2 Å². The summed E-state index contributed by atoms with van der Waals surface area (Å²) < 4.78 is 0. The van der Waals surface area contributed by atoms with E-state index >= 15 is 0 Å². The molecule has 1 aromatic carbocycles. The highest BCUT2D eigenvalue weighted by Crippen LogP contribution is 2.21. The van der Waals surface area contributed by atoms with Crippen LogP contribution >= 0.6 is 11.6 Å². The van der Waals surface area contributed by atoms with Crippen molar-refractivity contribution >= 4 is 11.6 Å². The zero-order valence-corrected chi connectivity index (χ0v) is 12.5. The largest absolute Gasteiger partial charge is 0.387 e. The molecule has 0 heterocycles. The van der Waals surface area contributed by atoms with Gasteiger partial charge in [-0.15, -0.1) is 0 Å². The Kier molecular flexibility index (Phi) is 5.81. The minimum absolute atomic E-state index is 0.0791. The van der Waals surface area contributed by atoms with Gasteiger partial charge in [-0.1, -0.05) is 23.7 Å². The van der Waals surface area contributed by atoms with E-state index in [1.807, 2.05) is 12.1 Å². The fourth-order valence-corrected chi connectivity index (χ4v) is 2.01. The Bertz CT molecular complexity index is 431. The first kappa shape index (κ1) is 16.0. The molecule has 0 amide bonds. The van der Waals surface area contributed by atoms with E-state index in [1.54, 1.807) is 12.1 Å². The maximum Gasteiger partial charge on any atom is 0.0917 e. The molecule has 1 rings (SSSR count). The minimum Gasteiger partial charge on any atom is -0.387 e. The summed E-state index contributed by atoms with van der Waals surface area (Å²) >= 11 is 5.84. The summed E-state index contributed by atoms with van der Waals surface area (Å²) in [4.78, 5) is 2.12. The average molecular weight is 281 g/mol. The summed E-state index contributed by atoms with van der Waals surface area (Å²) in [5, 5.41) is 19.6. The molecular formula is C15H21ClN2O. The van der Waals surface area contributed by atoms with Gasteiger partial charge in [-0.3, -0.25) is 4.90 Å². The van der Waals surface area contributed by atoms with Crippen LogP contribution in [0.15, 0.2) is 24.3 Å². The van der Waals surface area contributed by atoms with Crippen LogP contribution in [0.1, 0.15) is 38.9 Å². The van der Waals surface area contributed by atoms with Crippen LogP contribution in [0, 0.1) is 11.3 Å². The molecule has 0 aromatic heterocycles. The Morgan fingerprint density at radius 2 is 1.89 bits per heavy atom.